The van der Waals surface area contributed by atoms with Gasteiger partial charge in [0.05, 0.1) is 5.56 Å². The Kier molecular flexibility index (Phi) is 4.59. The molecule has 0 aromatic heterocycles. The van der Waals surface area contributed by atoms with E-state index in [4.69, 9.17) is 10.2 Å². The molecular formula is C13H10O6. The van der Waals surface area contributed by atoms with E-state index in [1.165, 1.54) is 24.3 Å². The number of carbonyl (C=O) groups excluding carboxylic acids is 1. The molecule has 19 heavy (non-hydrogen) atoms. The highest BCUT2D eigenvalue weighted by atomic mass is 16.4. The van der Waals surface area contributed by atoms with Crippen molar-refractivity contribution in [2.24, 2.45) is 0 Å². The van der Waals surface area contributed by atoms with Gasteiger partial charge >= 0.3 is 11.9 Å². The highest BCUT2D eigenvalue weighted by Gasteiger charge is 2.11. The molecule has 0 bridgehead atoms. The number of aromatic carboxylic acids is 1. The number of allylic oxidation sites excluding steroid dienone is 2. The van der Waals surface area contributed by atoms with Crippen molar-refractivity contribution in [1.82, 2.24) is 0 Å². The van der Waals surface area contributed by atoms with Crippen LogP contribution in [0.25, 0.3) is 5.76 Å². The van der Waals surface area contributed by atoms with Crippen molar-refractivity contribution in [3.05, 3.63) is 53.6 Å². The number of rotatable bonds is 5. The monoisotopic (exact) mass is 262 g/mol. The van der Waals surface area contributed by atoms with Crippen LogP contribution in [0.2, 0.25) is 0 Å². The van der Waals surface area contributed by atoms with Crippen LogP contribution in [0.15, 0.2) is 42.5 Å². The predicted octanol–water partition coefficient (Wildman–Crippen LogP) is 1.49. The van der Waals surface area contributed by atoms with E-state index in [-0.39, 0.29) is 16.9 Å². The van der Waals surface area contributed by atoms with Gasteiger partial charge in [0.1, 0.15) is 5.76 Å². The van der Waals surface area contributed by atoms with Gasteiger partial charge in [0.15, 0.2) is 0 Å². The number of carboxylic acids is 2. The first-order chi connectivity index (χ1) is 8.93. The molecule has 0 aliphatic carbocycles. The summed E-state index contributed by atoms with van der Waals surface area (Å²) in [7, 11) is 0. The standard InChI is InChI=1S/C13H10O6/c14-10(6-3-7-11(15)13(18)19)8-4-1-2-5-9(8)12(16)17/h1-7,14H,(H,16,17)(H,18,19)/b7-3+,10-6+. The average Bonchev–Trinajstić information content (AvgIpc) is 2.38. The lowest BCUT2D eigenvalue weighted by molar-refractivity contribution is -0.146. The van der Waals surface area contributed by atoms with Crippen molar-refractivity contribution in [2.75, 3.05) is 0 Å². The van der Waals surface area contributed by atoms with Crippen molar-refractivity contribution in [1.29, 1.82) is 0 Å². The van der Waals surface area contributed by atoms with Gasteiger partial charge < -0.3 is 15.3 Å². The number of carbonyl (C=O) groups is 3. The smallest absolute Gasteiger partial charge is 0.376 e. The third-order valence-corrected chi connectivity index (χ3v) is 2.15. The average molecular weight is 262 g/mol. The van der Waals surface area contributed by atoms with Crippen LogP contribution in [0.3, 0.4) is 0 Å². The third kappa shape index (κ3) is 3.81. The number of aliphatic hydroxyl groups excluding tert-OH is 1. The lowest BCUT2D eigenvalue weighted by Gasteiger charge is -2.03. The first-order valence-corrected chi connectivity index (χ1v) is 5.10. The zero-order chi connectivity index (χ0) is 14.4. The molecule has 0 unspecified atom stereocenters. The van der Waals surface area contributed by atoms with Crippen molar-refractivity contribution in [3.63, 3.8) is 0 Å². The fourth-order valence-corrected chi connectivity index (χ4v) is 1.28. The lowest BCUT2D eigenvalue weighted by Crippen LogP contribution is -2.08. The maximum Gasteiger partial charge on any atom is 0.376 e. The fraction of sp³-hybridized carbons (Fsp3) is 0. The number of hydrogen-bond donors (Lipinski definition) is 3. The van der Waals surface area contributed by atoms with E-state index >= 15 is 0 Å². The zero-order valence-electron chi connectivity index (χ0n) is 9.61. The van der Waals surface area contributed by atoms with Crippen molar-refractivity contribution in [2.45, 2.75) is 0 Å². The number of hydrogen-bond acceptors (Lipinski definition) is 4. The summed E-state index contributed by atoms with van der Waals surface area (Å²) in [5, 5.41) is 26.9. The van der Waals surface area contributed by atoms with E-state index in [0.717, 1.165) is 18.2 Å². The van der Waals surface area contributed by atoms with Gasteiger partial charge in [-0.05, 0) is 18.2 Å². The van der Waals surface area contributed by atoms with Crippen molar-refractivity contribution < 1.29 is 29.7 Å². The van der Waals surface area contributed by atoms with Gasteiger partial charge in [-0.15, -0.1) is 0 Å². The van der Waals surface area contributed by atoms with Crippen LogP contribution < -0.4 is 0 Å². The van der Waals surface area contributed by atoms with Gasteiger partial charge in [-0.1, -0.05) is 24.3 Å². The fourth-order valence-electron chi connectivity index (χ4n) is 1.28. The second kappa shape index (κ2) is 6.15. The molecule has 1 aromatic rings. The predicted molar refractivity (Wildman–Crippen MR) is 65.8 cm³/mol. The van der Waals surface area contributed by atoms with E-state index < -0.39 is 17.7 Å². The molecule has 0 amide bonds. The number of aliphatic carboxylic acids is 1. The molecule has 0 aliphatic rings. The summed E-state index contributed by atoms with van der Waals surface area (Å²) in [4.78, 5) is 31.9. The summed E-state index contributed by atoms with van der Waals surface area (Å²) in [6.45, 7) is 0. The normalized spacial score (nSPS) is 11.5. The zero-order valence-corrected chi connectivity index (χ0v) is 9.61. The van der Waals surface area contributed by atoms with Crippen LogP contribution in [-0.4, -0.2) is 33.0 Å². The van der Waals surface area contributed by atoms with Gasteiger partial charge in [-0.3, -0.25) is 4.79 Å². The van der Waals surface area contributed by atoms with Crippen LogP contribution >= 0.6 is 0 Å². The molecular weight excluding hydrogens is 252 g/mol. The molecule has 6 nitrogen and oxygen atoms in total. The van der Waals surface area contributed by atoms with Crippen LogP contribution in [0.4, 0.5) is 0 Å². The summed E-state index contributed by atoms with van der Waals surface area (Å²) in [6.07, 6.45) is 2.83. The second-order valence-electron chi connectivity index (χ2n) is 3.43. The Morgan fingerprint density at radius 3 is 2.05 bits per heavy atom. The van der Waals surface area contributed by atoms with Crippen LogP contribution in [0, 0.1) is 0 Å². The van der Waals surface area contributed by atoms with Gasteiger partial charge in [-0.2, -0.15) is 0 Å². The van der Waals surface area contributed by atoms with E-state index in [0.29, 0.717) is 0 Å². The Hall–Kier alpha value is -2.89. The molecule has 1 rings (SSSR count). The molecule has 1 aromatic carbocycles. The summed E-state index contributed by atoms with van der Waals surface area (Å²) < 4.78 is 0. The lowest BCUT2D eigenvalue weighted by atomic mass is 10.1. The summed E-state index contributed by atoms with van der Waals surface area (Å²) in [5.74, 6) is -4.35. The first kappa shape index (κ1) is 14.2. The molecule has 0 heterocycles. The first-order valence-electron chi connectivity index (χ1n) is 5.10. The van der Waals surface area contributed by atoms with E-state index in [9.17, 15) is 19.5 Å². The SMILES string of the molecule is O=C(O)C(=O)/C=C/C=C(/O)c1ccccc1C(=O)O. The minimum absolute atomic E-state index is 0.0717. The summed E-state index contributed by atoms with van der Waals surface area (Å²) in [6, 6.07) is 5.75. The molecule has 0 spiro atoms. The number of aliphatic hydroxyl groups is 1. The van der Waals surface area contributed by atoms with Crippen molar-refractivity contribution >= 4 is 23.5 Å². The van der Waals surface area contributed by atoms with Gasteiger partial charge in [0, 0.05) is 5.56 Å². The van der Waals surface area contributed by atoms with Crippen LogP contribution in [0.1, 0.15) is 15.9 Å². The highest BCUT2D eigenvalue weighted by Crippen LogP contribution is 2.17. The molecule has 0 fully saturated rings. The number of ketones is 1. The van der Waals surface area contributed by atoms with Crippen LogP contribution in [-0.2, 0) is 9.59 Å². The maximum atomic E-state index is 10.9. The number of carboxylic acid groups (broad SMARTS) is 2. The van der Waals surface area contributed by atoms with Gasteiger partial charge in [0.25, 0.3) is 5.78 Å². The highest BCUT2D eigenvalue weighted by molar-refractivity contribution is 6.37. The Morgan fingerprint density at radius 1 is 0.947 bits per heavy atom. The minimum atomic E-state index is -1.62. The molecule has 3 N–H and O–H groups in total. The molecule has 0 saturated heterocycles. The quantitative estimate of drug-likeness (QED) is 0.321. The van der Waals surface area contributed by atoms with E-state index in [2.05, 4.69) is 0 Å². The Morgan fingerprint density at radius 2 is 1.53 bits per heavy atom. The number of benzene rings is 1. The van der Waals surface area contributed by atoms with Crippen molar-refractivity contribution in [3.8, 4) is 0 Å². The van der Waals surface area contributed by atoms with Gasteiger partial charge in [-0.25, -0.2) is 9.59 Å². The van der Waals surface area contributed by atoms with E-state index in [1.807, 2.05) is 0 Å². The topological polar surface area (TPSA) is 112 Å². The van der Waals surface area contributed by atoms with Crippen LogP contribution in [0.5, 0.6) is 0 Å². The molecule has 98 valence electrons. The van der Waals surface area contributed by atoms with Gasteiger partial charge in [0.2, 0.25) is 0 Å². The minimum Gasteiger partial charge on any atom is -0.507 e. The molecule has 0 radical (unpaired) electrons. The summed E-state index contributed by atoms with van der Waals surface area (Å²) in [5.41, 5.74) is -0.0309. The molecule has 6 heteroatoms. The maximum absolute atomic E-state index is 10.9. The Labute approximate surface area is 107 Å². The molecule has 0 aliphatic heterocycles. The Bertz CT molecular complexity index is 583. The largest absolute Gasteiger partial charge is 0.507 e. The summed E-state index contributed by atoms with van der Waals surface area (Å²) >= 11 is 0. The second-order valence-corrected chi connectivity index (χ2v) is 3.43. The third-order valence-electron chi connectivity index (χ3n) is 2.15. The Balaban J connectivity index is 3.01. The molecule has 0 saturated carbocycles. The molecule has 0 atom stereocenters. The van der Waals surface area contributed by atoms with E-state index in [1.54, 1.807) is 0 Å².